The van der Waals surface area contributed by atoms with Gasteiger partial charge in [-0.1, -0.05) is 0 Å². The molecule has 1 saturated heterocycles. The zero-order valence-electron chi connectivity index (χ0n) is 6.88. The van der Waals surface area contributed by atoms with Crippen molar-refractivity contribution in [3.8, 4) is 0 Å². The Bertz CT molecular complexity index is 133. The summed E-state index contributed by atoms with van der Waals surface area (Å²) in [4.78, 5) is 0. The molecule has 1 aliphatic carbocycles. The fourth-order valence-electron chi connectivity index (χ4n) is 2.44. The zero-order valence-corrected chi connectivity index (χ0v) is 6.88. The minimum atomic E-state index is -0.0203. The first kappa shape index (κ1) is 7.56. The lowest BCUT2D eigenvalue weighted by molar-refractivity contribution is 0.0115. The Morgan fingerprint density at radius 2 is 1.91 bits per heavy atom. The summed E-state index contributed by atoms with van der Waals surface area (Å²) in [6.45, 7) is 1.82. The molecule has 0 aromatic heterocycles. The number of hydrogen-bond acceptors (Lipinski definition) is 2. The van der Waals surface area contributed by atoms with Crippen LogP contribution in [0.3, 0.4) is 0 Å². The van der Waals surface area contributed by atoms with E-state index in [9.17, 15) is 5.11 Å². The Hall–Kier alpha value is -0.0800. The van der Waals surface area contributed by atoms with Crippen LogP contribution in [0, 0.1) is 5.41 Å². The molecule has 1 aliphatic heterocycles. The van der Waals surface area contributed by atoms with Crippen molar-refractivity contribution in [2.24, 2.45) is 5.41 Å². The molecule has 1 unspecified atom stereocenters. The van der Waals surface area contributed by atoms with E-state index in [4.69, 9.17) is 4.74 Å². The molecule has 0 aromatic rings. The van der Waals surface area contributed by atoms with E-state index in [0.717, 1.165) is 26.1 Å². The fourth-order valence-corrected chi connectivity index (χ4v) is 2.44. The molecule has 1 saturated carbocycles. The lowest BCUT2D eigenvalue weighted by Gasteiger charge is -2.32. The summed E-state index contributed by atoms with van der Waals surface area (Å²) in [5.41, 5.74) is 0.470. The summed E-state index contributed by atoms with van der Waals surface area (Å²) < 4.78 is 5.31. The SMILES string of the molecule is OC1CCC2(CCOCC2)C1. The molecular formula is C9H16O2. The lowest BCUT2D eigenvalue weighted by atomic mass is 9.79. The Morgan fingerprint density at radius 1 is 1.18 bits per heavy atom. The Labute approximate surface area is 67.6 Å². The minimum Gasteiger partial charge on any atom is -0.393 e. The third-order valence-corrected chi connectivity index (χ3v) is 3.23. The summed E-state index contributed by atoms with van der Waals surface area (Å²) in [5.74, 6) is 0. The van der Waals surface area contributed by atoms with Gasteiger partial charge in [0.15, 0.2) is 0 Å². The predicted molar refractivity (Wildman–Crippen MR) is 42.3 cm³/mol. The largest absolute Gasteiger partial charge is 0.393 e. The van der Waals surface area contributed by atoms with Crippen molar-refractivity contribution in [1.82, 2.24) is 0 Å². The summed E-state index contributed by atoms with van der Waals surface area (Å²) >= 11 is 0. The van der Waals surface area contributed by atoms with E-state index in [2.05, 4.69) is 0 Å². The average Bonchev–Trinajstić information content (AvgIpc) is 2.34. The first-order valence-corrected chi connectivity index (χ1v) is 4.57. The van der Waals surface area contributed by atoms with Gasteiger partial charge in [-0.3, -0.25) is 0 Å². The molecule has 0 bridgehead atoms. The van der Waals surface area contributed by atoms with Crippen LogP contribution >= 0.6 is 0 Å². The van der Waals surface area contributed by atoms with E-state index in [-0.39, 0.29) is 6.10 Å². The van der Waals surface area contributed by atoms with Crippen molar-refractivity contribution in [3.05, 3.63) is 0 Å². The molecule has 0 radical (unpaired) electrons. The van der Waals surface area contributed by atoms with Crippen LogP contribution in [0.5, 0.6) is 0 Å². The number of ether oxygens (including phenoxy) is 1. The Kier molecular flexibility index (Phi) is 1.90. The summed E-state index contributed by atoms with van der Waals surface area (Å²) in [5, 5.41) is 9.41. The van der Waals surface area contributed by atoms with Gasteiger partial charge in [0.1, 0.15) is 0 Å². The normalized spacial score (nSPS) is 36.3. The number of hydrogen-bond donors (Lipinski definition) is 1. The smallest absolute Gasteiger partial charge is 0.0545 e. The van der Waals surface area contributed by atoms with E-state index >= 15 is 0 Å². The molecule has 2 rings (SSSR count). The van der Waals surface area contributed by atoms with Gasteiger partial charge in [-0.25, -0.2) is 0 Å². The number of aliphatic hydroxyl groups is 1. The molecule has 0 amide bonds. The molecule has 2 heteroatoms. The molecule has 1 heterocycles. The van der Waals surface area contributed by atoms with E-state index < -0.39 is 0 Å². The van der Waals surface area contributed by atoms with Crippen molar-refractivity contribution in [2.45, 2.75) is 38.2 Å². The highest BCUT2D eigenvalue weighted by Crippen LogP contribution is 2.45. The quantitative estimate of drug-likeness (QED) is 0.573. The molecule has 2 nitrogen and oxygen atoms in total. The van der Waals surface area contributed by atoms with Crippen LogP contribution in [0.15, 0.2) is 0 Å². The second-order valence-electron chi connectivity index (χ2n) is 4.01. The van der Waals surface area contributed by atoms with E-state index in [1.807, 2.05) is 0 Å². The van der Waals surface area contributed by atoms with Crippen LogP contribution in [0.25, 0.3) is 0 Å². The van der Waals surface area contributed by atoms with Crippen LogP contribution in [0.4, 0.5) is 0 Å². The molecule has 64 valence electrons. The van der Waals surface area contributed by atoms with Crippen molar-refractivity contribution in [2.75, 3.05) is 13.2 Å². The maximum atomic E-state index is 9.41. The first-order chi connectivity index (χ1) is 5.31. The van der Waals surface area contributed by atoms with E-state index in [1.54, 1.807) is 0 Å². The van der Waals surface area contributed by atoms with Gasteiger partial charge < -0.3 is 9.84 Å². The molecule has 1 spiro atoms. The van der Waals surface area contributed by atoms with Gasteiger partial charge in [-0.2, -0.15) is 0 Å². The monoisotopic (exact) mass is 156 g/mol. The topological polar surface area (TPSA) is 29.5 Å². The molecule has 2 fully saturated rings. The van der Waals surface area contributed by atoms with Gasteiger partial charge in [-0.05, 0) is 37.5 Å². The fraction of sp³-hybridized carbons (Fsp3) is 1.00. The van der Waals surface area contributed by atoms with Crippen molar-refractivity contribution in [3.63, 3.8) is 0 Å². The lowest BCUT2D eigenvalue weighted by Crippen LogP contribution is -2.27. The molecule has 2 aliphatic rings. The predicted octanol–water partition coefficient (Wildman–Crippen LogP) is 1.33. The van der Waals surface area contributed by atoms with E-state index in [1.165, 1.54) is 19.3 Å². The van der Waals surface area contributed by atoms with Gasteiger partial charge in [0.05, 0.1) is 6.10 Å². The van der Waals surface area contributed by atoms with Crippen molar-refractivity contribution in [1.29, 1.82) is 0 Å². The maximum Gasteiger partial charge on any atom is 0.0545 e. The van der Waals surface area contributed by atoms with Gasteiger partial charge in [0.2, 0.25) is 0 Å². The molecule has 1 atom stereocenters. The van der Waals surface area contributed by atoms with Crippen molar-refractivity contribution >= 4 is 0 Å². The zero-order chi connectivity index (χ0) is 7.73. The minimum absolute atomic E-state index is 0.0203. The van der Waals surface area contributed by atoms with Gasteiger partial charge in [-0.15, -0.1) is 0 Å². The molecule has 11 heavy (non-hydrogen) atoms. The molecule has 0 aromatic carbocycles. The second kappa shape index (κ2) is 2.76. The number of rotatable bonds is 0. The van der Waals surface area contributed by atoms with Gasteiger partial charge in [0.25, 0.3) is 0 Å². The van der Waals surface area contributed by atoms with Crippen LogP contribution in [0.1, 0.15) is 32.1 Å². The van der Waals surface area contributed by atoms with Crippen LogP contribution in [-0.2, 0) is 4.74 Å². The highest BCUT2D eigenvalue weighted by atomic mass is 16.5. The van der Waals surface area contributed by atoms with Gasteiger partial charge >= 0.3 is 0 Å². The highest BCUT2D eigenvalue weighted by Gasteiger charge is 2.39. The standard InChI is InChI=1S/C9H16O2/c10-8-1-2-9(7-8)3-5-11-6-4-9/h8,10H,1-7H2. The molecule has 1 N–H and O–H groups in total. The average molecular weight is 156 g/mol. The van der Waals surface area contributed by atoms with Crippen LogP contribution in [0.2, 0.25) is 0 Å². The summed E-state index contributed by atoms with van der Waals surface area (Å²) in [6, 6.07) is 0. The molecular weight excluding hydrogens is 140 g/mol. The summed E-state index contributed by atoms with van der Waals surface area (Å²) in [6.07, 6.45) is 5.58. The number of aliphatic hydroxyl groups excluding tert-OH is 1. The first-order valence-electron chi connectivity index (χ1n) is 4.57. The Balaban J connectivity index is 1.98. The van der Waals surface area contributed by atoms with Crippen LogP contribution < -0.4 is 0 Å². The van der Waals surface area contributed by atoms with Gasteiger partial charge in [0, 0.05) is 13.2 Å². The summed E-state index contributed by atoms with van der Waals surface area (Å²) in [7, 11) is 0. The Morgan fingerprint density at radius 3 is 2.45 bits per heavy atom. The second-order valence-corrected chi connectivity index (χ2v) is 4.01. The van der Waals surface area contributed by atoms with Crippen molar-refractivity contribution < 1.29 is 9.84 Å². The maximum absolute atomic E-state index is 9.41. The highest BCUT2D eigenvalue weighted by molar-refractivity contribution is 4.90. The third kappa shape index (κ3) is 1.42. The van der Waals surface area contributed by atoms with E-state index in [0.29, 0.717) is 5.41 Å². The van der Waals surface area contributed by atoms with Crippen LogP contribution in [-0.4, -0.2) is 24.4 Å². The third-order valence-electron chi connectivity index (χ3n) is 3.23.